The van der Waals surface area contributed by atoms with Gasteiger partial charge < -0.3 is 14.0 Å². The van der Waals surface area contributed by atoms with Crippen molar-refractivity contribution in [3.8, 4) is 11.5 Å². The Hall–Kier alpha value is -3.58. The van der Waals surface area contributed by atoms with Crippen LogP contribution in [0.2, 0.25) is 0 Å². The number of methoxy groups -OCH3 is 1. The first kappa shape index (κ1) is 21.6. The zero-order valence-corrected chi connectivity index (χ0v) is 18.6. The summed E-state index contributed by atoms with van der Waals surface area (Å²) in [5, 5.41) is 0.293. The number of hydrogen-bond acceptors (Lipinski definition) is 5. The SMILES string of the molecule is CCOc1ccc2c(c1)c(=O)c(S(=O)(=O)c1ccc(OC)cc1)cn2Cc1ccccc1. The lowest BCUT2D eigenvalue weighted by atomic mass is 10.1. The van der Waals surface area contributed by atoms with Crippen LogP contribution in [0.4, 0.5) is 0 Å². The largest absolute Gasteiger partial charge is 0.497 e. The van der Waals surface area contributed by atoms with Gasteiger partial charge in [-0.25, -0.2) is 8.42 Å². The number of nitrogens with zero attached hydrogens (tertiary/aromatic N) is 1. The minimum absolute atomic E-state index is 0.0296. The van der Waals surface area contributed by atoms with Crippen LogP contribution in [-0.2, 0) is 16.4 Å². The molecule has 0 unspecified atom stereocenters. The van der Waals surface area contributed by atoms with E-state index >= 15 is 0 Å². The van der Waals surface area contributed by atoms with E-state index in [2.05, 4.69) is 0 Å². The van der Waals surface area contributed by atoms with Crippen molar-refractivity contribution < 1.29 is 17.9 Å². The lowest BCUT2D eigenvalue weighted by Crippen LogP contribution is -2.19. The van der Waals surface area contributed by atoms with Crippen LogP contribution in [0.5, 0.6) is 11.5 Å². The zero-order chi connectivity index (χ0) is 22.7. The third-order valence-corrected chi connectivity index (χ3v) is 6.95. The molecule has 7 heteroatoms. The molecule has 0 N–H and O–H groups in total. The average Bonchev–Trinajstić information content (AvgIpc) is 2.81. The van der Waals surface area contributed by atoms with Crippen molar-refractivity contribution in [1.29, 1.82) is 0 Å². The number of fused-ring (bicyclic) bond motifs is 1. The Balaban J connectivity index is 1.94. The molecule has 0 atom stereocenters. The normalized spacial score (nSPS) is 11.4. The van der Waals surface area contributed by atoms with E-state index in [1.165, 1.54) is 25.4 Å². The molecule has 164 valence electrons. The van der Waals surface area contributed by atoms with Crippen LogP contribution in [0, 0.1) is 0 Å². The van der Waals surface area contributed by atoms with Crippen LogP contribution in [0.3, 0.4) is 0 Å². The van der Waals surface area contributed by atoms with Crippen LogP contribution in [0.1, 0.15) is 12.5 Å². The smallest absolute Gasteiger partial charge is 0.211 e. The van der Waals surface area contributed by atoms with Gasteiger partial charge >= 0.3 is 0 Å². The lowest BCUT2D eigenvalue weighted by Gasteiger charge is -2.15. The second-order valence-corrected chi connectivity index (χ2v) is 9.15. The van der Waals surface area contributed by atoms with E-state index in [4.69, 9.17) is 9.47 Å². The zero-order valence-electron chi connectivity index (χ0n) is 17.8. The number of pyridine rings is 1. The van der Waals surface area contributed by atoms with Crippen molar-refractivity contribution in [2.75, 3.05) is 13.7 Å². The average molecular weight is 450 g/mol. The van der Waals surface area contributed by atoms with Crippen LogP contribution in [0.25, 0.3) is 10.9 Å². The first-order valence-electron chi connectivity index (χ1n) is 10.2. The number of sulfone groups is 1. The number of ether oxygens (including phenoxy) is 2. The van der Waals surface area contributed by atoms with Gasteiger partial charge in [0.1, 0.15) is 16.4 Å². The molecule has 0 radical (unpaired) electrons. The molecule has 0 bridgehead atoms. The maximum atomic E-state index is 13.4. The Morgan fingerprint density at radius 2 is 1.59 bits per heavy atom. The fourth-order valence-corrected chi connectivity index (χ4v) is 4.96. The highest BCUT2D eigenvalue weighted by atomic mass is 32.2. The van der Waals surface area contributed by atoms with Crippen LogP contribution >= 0.6 is 0 Å². The third-order valence-electron chi connectivity index (χ3n) is 5.18. The summed E-state index contributed by atoms with van der Waals surface area (Å²) in [7, 11) is -2.55. The number of rotatable bonds is 7. The second-order valence-electron chi connectivity index (χ2n) is 7.23. The Bertz CT molecular complexity index is 1410. The number of aromatic nitrogens is 1. The van der Waals surface area contributed by atoms with Gasteiger partial charge in [0.15, 0.2) is 0 Å². The van der Waals surface area contributed by atoms with E-state index in [1.807, 2.05) is 37.3 Å². The van der Waals surface area contributed by atoms with E-state index in [1.54, 1.807) is 34.9 Å². The quantitative estimate of drug-likeness (QED) is 0.421. The molecule has 4 rings (SSSR count). The maximum Gasteiger partial charge on any atom is 0.211 e. The van der Waals surface area contributed by atoms with Gasteiger partial charge in [0.2, 0.25) is 15.3 Å². The maximum absolute atomic E-state index is 13.4. The van der Waals surface area contributed by atoms with Crippen LogP contribution < -0.4 is 14.9 Å². The first-order valence-corrected chi connectivity index (χ1v) is 11.7. The predicted molar refractivity (Wildman–Crippen MR) is 123 cm³/mol. The Labute approximate surface area is 186 Å². The second kappa shape index (κ2) is 8.88. The fourth-order valence-electron chi connectivity index (χ4n) is 3.59. The molecule has 0 aliphatic carbocycles. The summed E-state index contributed by atoms with van der Waals surface area (Å²) in [4.78, 5) is 13.1. The van der Waals surface area contributed by atoms with Gasteiger partial charge in [-0.3, -0.25) is 4.79 Å². The van der Waals surface area contributed by atoms with Gasteiger partial charge in [0, 0.05) is 12.7 Å². The molecule has 0 aliphatic rings. The number of benzene rings is 3. The van der Waals surface area contributed by atoms with Crippen molar-refractivity contribution in [2.45, 2.75) is 23.3 Å². The van der Waals surface area contributed by atoms with Gasteiger partial charge in [0.05, 0.1) is 29.5 Å². The highest BCUT2D eigenvalue weighted by Gasteiger charge is 2.24. The molecule has 1 aromatic heterocycles. The predicted octanol–water partition coefficient (Wildman–Crippen LogP) is 4.29. The van der Waals surface area contributed by atoms with Gasteiger partial charge in [0.25, 0.3) is 0 Å². The van der Waals surface area contributed by atoms with E-state index in [9.17, 15) is 13.2 Å². The standard InChI is InChI=1S/C25H23NO5S/c1-3-31-20-11-14-23-22(15-20)25(27)24(17-26(23)16-18-7-5-4-6-8-18)32(28,29)21-12-9-19(30-2)10-13-21/h4-15,17H,3,16H2,1-2H3. The Kier molecular flexibility index (Phi) is 6.01. The Morgan fingerprint density at radius 1 is 0.906 bits per heavy atom. The molecule has 0 spiro atoms. The summed E-state index contributed by atoms with van der Waals surface area (Å²) >= 11 is 0. The minimum Gasteiger partial charge on any atom is -0.497 e. The van der Waals surface area contributed by atoms with Crippen molar-refractivity contribution >= 4 is 20.7 Å². The molecule has 0 saturated heterocycles. The molecule has 0 fully saturated rings. The molecule has 1 heterocycles. The highest BCUT2D eigenvalue weighted by molar-refractivity contribution is 7.91. The van der Waals surface area contributed by atoms with E-state index in [-0.39, 0.29) is 9.79 Å². The van der Waals surface area contributed by atoms with E-state index in [0.29, 0.717) is 35.6 Å². The molecule has 32 heavy (non-hydrogen) atoms. The molecule has 6 nitrogen and oxygen atoms in total. The fraction of sp³-hybridized carbons (Fsp3) is 0.160. The van der Waals surface area contributed by atoms with E-state index < -0.39 is 15.3 Å². The van der Waals surface area contributed by atoms with Crippen molar-refractivity contribution in [1.82, 2.24) is 4.57 Å². The molecule has 4 aromatic rings. The summed E-state index contributed by atoms with van der Waals surface area (Å²) in [6.45, 7) is 2.70. The van der Waals surface area contributed by atoms with Crippen molar-refractivity contribution in [2.24, 2.45) is 0 Å². The molecule has 0 amide bonds. The number of hydrogen-bond donors (Lipinski definition) is 0. The van der Waals surface area contributed by atoms with Crippen molar-refractivity contribution in [3.63, 3.8) is 0 Å². The van der Waals surface area contributed by atoms with Crippen LogP contribution in [0.15, 0.2) is 93.6 Å². The molecule has 0 saturated carbocycles. The van der Waals surface area contributed by atoms with Gasteiger partial charge in [-0.15, -0.1) is 0 Å². The molecule has 3 aromatic carbocycles. The molecular formula is C25H23NO5S. The summed E-state index contributed by atoms with van der Waals surface area (Å²) in [6.07, 6.45) is 1.43. The van der Waals surface area contributed by atoms with E-state index in [0.717, 1.165) is 5.56 Å². The highest BCUT2D eigenvalue weighted by Crippen LogP contribution is 2.25. The van der Waals surface area contributed by atoms with Crippen molar-refractivity contribution in [3.05, 3.63) is 94.8 Å². The molecular weight excluding hydrogens is 426 g/mol. The minimum atomic E-state index is -4.06. The molecule has 0 aliphatic heterocycles. The Morgan fingerprint density at radius 3 is 2.25 bits per heavy atom. The summed E-state index contributed by atoms with van der Waals surface area (Å²) in [5.74, 6) is 1.05. The first-order chi connectivity index (χ1) is 15.4. The summed E-state index contributed by atoms with van der Waals surface area (Å²) in [6, 6.07) is 20.8. The lowest BCUT2D eigenvalue weighted by molar-refractivity contribution is 0.340. The monoisotopic (exact) mass is 449 g/mol. The summed E-state index contributed by atoms with van der Waals surface area (Å²) < 4.78 is 39.3. The topological polar surface area (TPSA) is 74.6 Å². The van der Waals surface area contributed by atoms with Gasteiger partial charge in [-0.05, 0) is 55.0 Å². The van der Waals surface area contributed by atoms with Gasteiger partial charge in [-0.1, -0.05) is 30.3 Å². The third kappa shape index (κ3) is 4.11. The van der Waals surface area contributed by atoms with Crippen LogP contribution in [-0.4, -0.2) is 26.7 Å². The summed E-state index contributed by atoms with van der Waals surface area (Å²) in [5.41, 5.74) is 1.07. The van der Waals surface area contributed by atoms with Gasteiger partial charge in [-0.2, -0.15) is 0 Å².